The Hall–Kier alpha value is -3.07. The number of nitrogens with one attached hydrogen (secondary N) is 1. The molecule has 0 radical (unpaired) electrons. The Balaban J connectivity index is 2.12. The molecule has 0 saturated carbocycles. The first-order chi connectivity index (χ1) is 18.7. The van der Waals surface area contributed by atoms with E-state index in [9.17, 15) is 18.0 Å². The van der Waals surface area contributed by atoms with E-state index < -0.39 is 34.1 Å². The Morgan fingerprint density at radius 3 is 2.08 bits per heavy atom. The highest BCUT2D eigenvalue weighted by molar-refractivity contribution is 7.92. The van der Waals surface area contributed by atoms with Crippen molar-refractivity contribution >= 4 is 50.7 Å². The van der Waals surface area contributed by atoms with Crippen LogP contribution in [0, 0.1) is 6.92 Å². The largest absolute Gasteiger partial charge is 0.350 e. The molecule has 40 heavy (non-hydrogen) atoms. The SMILES string of the molecule is Cc1cccc(N(CC(=O)N(Cc2c(Cl)cccc2Cl)C(Cc2ccccc2)C(=O)NC(C)(C)C)S(C)(=O)=O)c1. The molecule has 3 aromatic rings. The van der Waals surface area contributed by atoms with Gasteiger partial charge in [0, 0.05) is 34.1 Å². The Morgan fingerprint density at radius 2 is 1.52 bits per heavy atom. The minimum atomic E-state index is -3.85. The highest BCUT2D eigenvalue weighted by Gasteiger charge is 2.35. The summed E-state index contributed by atoms with van der Waals surface area (Å²) in [7, 11) is -3.85. The van der Waals surface area contributed by atoms with Crippen molar-refractivity contribution in [1.29, 1.82) is 0 Å². The summed E-state index contributed by atoms with van der Waals surface area (Å²) in [6.07, 6.45) is 1.24. The zero-order valence-corrected chi connectivity index (χ0v) is 25.6. The summed E-state index contributed by atoms with van der Waals surface area (Å²) in [5, 5.41) is 3.65. The van der Waals surface area contributed by atoms with Gasteiger partial charge in [-0.25, -0.2) is 8.42 Å². The minimum Gasteiger partial charge on any atom is -0.350 e. The molecule has 214 valence electrons. The van der Waals surface area contributed by atoms with Crippen LogP contribution in [0.3, 0.4) is 0 Å². The summed E-state index contributed by atoms with van der Waals surface area (Å²) in [5.41, 5.74) is 1.90. The van der Waals surface area contributed by atoms with E-state index >= 15 is 0 Å². The van der Waals surface area contributed by atoms with E-state index in [-0.39, 0.29) is 18.9 Å². The lowest BCUT2D eigenvalue weighted by Gasteiger charge is -2.35. The van der Waals surface area contributed by atoms with Gasteiger partial charge in [0.15, 0.2) is 0 Å². The van der Waals surface area contributed by atoms with Gasteiger partial charge in [0.1, 0.15) is 12.6 Å². The van der Waals surface area contributed by atoms with Crippen LogP contribution in [0.2, 0.25) is 10.0 Å². The molecular weight excluding hydrogens is 569 g/mol. The maximum Gasteiger partial charge on any atom is 0.244 e. The summed E-state index contributed by atoms with van der Waals surface area (Å²) < 4.78 is 26.8. The fourth-order valence-corrected chi connectivity index (χ4v) is 5.62. The maximum atomic E-state index is 14.1. The summed E-state index contributed by atoms with van der Waals surface area (Å²) in [6, 6.07) is 20.2. The summed E-state index contributed by atoms with van der Waals surface area (Å²) >= 11 is 13.0. The number of amides is 2. The van der Waals surface area contributed by atoms with Gasteiger partial charge in [-0.05, 0) is 63.1 Å². The number of anilines is 1. The number of nitrogens with zero attached hydrogens (tertiary/aromatic N) is 2. The van der Waals surface area contributed by atoms with Gasteiger partial charge in [0.25, 0.3) is 0 Å². The molecule has 0 fully saturated rings. The van der Waals surface area contributed by atoms with Crippen molar-refractivity contribution in [2.75, 3.05) is 17.1 Å². The number of carbonyl (C=O) groups excluding carboxylic acids is 2. The predicted octanol–water partition coefficient (Wildman–Crippen LogP) is 5.62. The van der Waals surface area contributed by atoms with Crippen LogP contribution in [0.1, 0.15) is 37.5 Å². The number of aryl methyl sites for hydroxylation is 1. The van der Waals surface area contributed by atoms with Gasteiger partial charge < -0.3 is 10.2 Å². The average molecular weight is 605 g/mol. The molecule has 1 N–H and O–H groups in total. The Morgan fingerprint density at radius 1 is 0.925 bits per heavy atom. The first-order valence-electron chi connectivity index (χ1n) is 12.8. The lowest BCUT2D eigenvalue weighted by molar-refractivity contribution is -0.140. The van der Waals surface area contributed by atoms with Crippen LogP contribution in [0.5, 0.6) is 0 Å². The lowest BCUT2D eigenvalue weighted by atomic mass is 10.0. The van der Waals surface area contributed by atoms with Crippen LogP contribution in [0.25, 0.3) is 0 Å². The summed E-state index contributed by atoms with van der Waals surface area (Å²) in [4.78, 5) is 29.3. The van der Waals surface area contributed by atoms with Crippen LogP contribution < -0.4 is 9.62 Å². The van der Waals surface area contributed by atoms with E-state index in [1.54, 1.807) is 36.4 Å². The van der Waals surface area contributed by atoms with Crippen LogP contribution in [-0.2, 0) is 32.6 Å². The molecule has 7 nitrogen and oxygen atoms in total. The lowest BCUT2D eigenvalue weighted by Crippen LogP contribution is -2.56. The van der Waals surface area contributed by atoms with Gasteiger partial charge in [-0.2, -0.15) is 0 Å². The molecule has 0 spiro atoms. The second kappa shape index (κ2) is 13.1. The number of hydrogen-bond acceptors (Lipinski definition) is 4. The summed E-state index contributed by atoms with van der Waals surface area (Å²) in [5.74, 6) is -0.956. The van der Waals surface area contributed by atoms with Gasteiger partial charge in [0.2, 0.25) is 21.8 Å². The molecule has 3 rings (SSSR count). The predicted molar refractivity (Wildman–Crippen MR) is 162 cm³/mol. The topological polar surface area (TPSA) is 86.8 Å². The highest BCUT2D eigenvalue weighted by atomic mass is 35.5. The first-order valence-corrected chi connectivity index (χ1v) is 15.4. The number of carbonyl (C=O) groups is 2. The second-order valence-electron chi connectivity index (χ2n) is 10.8. The van der Waals surface area contributed by atoms with Crippen molar-refractivity contribution in [3.05, 3.63) is 99.5 Å². The van der Waals surface area contributed by atoms with Crippen molar-refractivity contribution in [3.63, 3.8) is 0 Å². The molecule has 3 aromatic carbocycles. The van der Waals surface area contributed by atoms with Crippen molar-refractivity contribution in [1.82, 2.24) is 10.2 Å². The fourth-order valence-electron chi connectivity index (χ4n) is 4.26. The molecule has 1 unspecified atom stereocenters. The highest BCUT2D eigenvalue weighted by Crippen LogP contribution is 2.28. The molecule has 0 bridgehead atoms. The molecule has 0 saturated heterocycles. The van der Waals surface area contributed by atoms with Crippen LogP contribution >= 0.6 is 23.2 Å². The van der Waals surface area contributed by atoms with Crippen LogP contribution in [-0.4, -0.2) is 49.5 Å². The molecule has 0 heterocycles. The van der Waals surface area contributed by atoms with Crippen molar-refractivity contribution in [2.24, 2.45) is 0 Å². The van der Waals surface area contributed by atoms with Crippen LogP contribution in [0.4, 0.5) is 5.69 Å². The van der Waals surface area contributed by atoms with Gasteiger partial charge >= 0.3 is 0 Å². The van der Waals surface area contributed by atoms with Gasteiger partial charge in [-0.1, -0.05) is 71.7 Å². The van der Waals surface area contributed by atoms with E-state index in [0.29, 0.717) is 21.3 Å². The van der Waals surface area contributed by atoms with E-state index in [1.165, 1.54) is 4.90 Å². The quantitative estimate of drug-likeness (QED) is 0.326. The van der Waals surface area contributed by atoms with E-state index in [2.05, 4.69) is 5.32 Å². The zero-order chi connectivity index (χ0) is 29.7. The Bertz CT molecular complexity index is 1440. The molecule has 0 aromatic heterocycles. The Kier molecular flexibility index (Phi) is 10.3. The monoisotopic (exact) mass is 603 g/mol. The zero-order valence-electron chi connectivity index (χ0n) is 23.3. The second-order valence-corrected chi connectivity index (χ2v) is 13.5. The average Bonchev–Trinajstić information content (AvgIpc) is 2.85. The number of rotatable bonds is 10. The summed E-state index contributed by atoms with van der Waals surface area (Å²) in [6.45, 7) is 6.78. The minimum absolute atomic E-state index is 0.0994. The number of sulfonamides is 1. The normalized spacial score (nSPS) is 12.5. The van der Waals surface area contributed by atoms with Gasteiger partial charge in [-0.15, -0.1) is 0 Å². The molecule has 10 heteroatoms. The molecular formula is C30H35Cl2N3O4S. The fraction of sp³-hybridized carbons (Fsp3) is 0.333. The smallest absolute Gasteiger partial charge is 0.244 e. The Labute approximate surface area is 247 Å². The number of benzene rings is 3. The third-order valence-corrected chi connectivity index (χ3v) is 7.98. The molecule has 0 aliphatic rings. The van der Waals surface area contributed by atoms with E-state index in [0.717, 1.165) is 21.7 Å². The molecule has 0 aliphatic carbocycles. The first kappa shape index (κ1) is 31.5. The molecule has 0 aliphatic heterocycles. The van der Waals surface area contributed by atoms with Gasteiger partial charge in [-0.3, -0.25) is 13.9 Å². The van der Waals surface area contributed by atoms with E-state index in [1.807, 2.05) is 64.1 Å². The van der Waals surface area contributed by atoms with Crippen molar-refractivity contribution in [2.45, 2.75) is 52.2 Å². The molecule has 2 amide bonds. The maximum absolute atomic E-state index is 14.1. The number of hydrogen-bond donors (Lipinski definition) is 1. The van der Waals surface area contributed by atoms with Crippen molar-refractivity contribution in [3.8, 4) is 0 Å². The third kappa shape index (κ3) is 8.71. The standard InChI is InChI=1S/C30H35Cl2N3O4S/c1-21-11-9-14-23(17-21)35(40(5,38)39)20-28(36)34(19-24-25(31)15-10-16-26(24)32)27(29(37)33-30(2,3)4)18-22-12-7-6-8-13-22/h6-17,27H,18-20H2,1-5H3,(H,33,37). The van der Waals surface area contributed by atoms with Gasteiger partial charge in [0.05, 0.1) is 11.9 Å². The van der Waals surface area contributed by atoms with E-state index in [4.69, 9.17) is 23.2 Å². The van der Waals surface area contributed by atoms with Crippen molar-refractivity contribution < 1.29 is 18.0 Å². The van der Waals surface area contributed by atoms with Crippen LogP contribution in [0.15, 0.2) is 72.8 Å². The molecule has 1 atom stereocenters. The third-order valence-electron chi connectivity index (χ3n) is 6.13. The number of halogens is 2.